The lowest BCUT2D eigenvalue weighted by Gasteiger charge is -2.24. The van der Waals surface area contributed by atoms with Gasteiger partial charge in [-0.05, 0) is 41.1 Å². The van der Waals surface area contributed by atoms with Crippen molar-refractivity contribution in [3.8, 4) is 5.69 Å². The molecule has 1 aliphatic rings. The Bertz CT molecular complexity index is 879. The van der Waals surface area contributed by atoms with Crippen molar-refractivity contribution < 1.29 is 4.79 Å². The van der Waals surface area contributed by atoms with Gasteiger partial charge in [0.15, 0.2) is 0 Å². The standard InChI is InChI=1S/C18H17N5OS/c1-13-5-7-14(8-6-13)18-22(9-10-25-18)17(24)15-3-2-4-16(11-15)23-12-19-20-21-23/h2-8,11-12,18H,9-10H2,1H3. The van der Waals surface area contributed by atoms with E-state index in [1.807, 2.05) is 29.2 Å². The van der Waals surface area contributed by atoms with E-state index in [1.165, 1.54) is 11.9 Å². The molecule has 2 aromatic carbocycles. The lowest BCUT2D eigenvalue weighted by molar-refractivity contribution is 0.0760. The van der Waals surface area contributed by atoms with Gasteiger partial charge < -0.3 is 4.90 Å². The number of aromatic nitrogens is 4. The molecular formula is C18H17N5OS. The van der Waals surface area contributed by atoms with E-state index in [-0.39, 0.29) is 11.3 Å². The number of hydrogen-bond donors (Lipinski definition) is 0. The molecule has 6 nitrogen and oxygen atoms in total. The van der Waals surface area contributed by atoms with Gasteiger partial charge in [-0.3, -0.25) is 4.79 Å². The molecule has 25 heavy (non-hydrogen) atoms. The van der Waals surface area contributed by atoms with Crippen LogP contribution in [0.1, 0.15) is 26.9 Å². The Kier molecular flexibility index (Phi) is 4.23. The maximum atomic E-state index is 13.1. The number of benzene rings is 2. The van der Waals surface area contributed by atoms with E-state index in [9.17, 15) is 4.79 Å². The van der Waals surface area contributed by atoms with E-state index in [4.69, 9.17) is 0 Å². The summed E-state index contributed by atoms with van der Waals surface area (Å²) in [6, 6.07) is 15.8. The number of hydrogen-bond acceptors (Lipinski definition) is 5. The van der Waals surface area contributed by atoms with Gasteiger partial charge in [0.25, 0.3) is 5.91 Å². The van der Waals surface area contributed by atoms with Crippen LogP contribution in [0.15, 0.2) is 54.9 Å². The van der Waals surface area contributed by atoms with Crippen LogP contribution >= 0.6 is 11.8 Å². The number of nitrogens with zero attached hydrogens (tertiary/aromatic N) is 5. The number of aryl methyl sites for hydroxylation is 1. The van der Waals surface area contributed by atoms with Crippen molar-refractivity contribution in [3.05, 3.63) is 71.5 Å². The highest BCUT2D eigenvalue weighted by Gasteiger charge is 2.31. The summed E-state index contributed by atoms with van der Waals surface area (Å²) in [6.45, 7) is 2.82. The van der Waals surface area contributed by atoms with Crippen molar-refractivity contribution in [1.82, 2.24) is 25.1 Å². The van der Waals surface area contributed by atoms with Gasteiger partial charge in [-0.2, -0.15) is 0 Å². The molecule has 0 aliphatic carbocycles. The van der Waals surface area contributed by atoms with Crippen molar-refractivity contribution in [2.75, 3.05) is 12.3 Å². The van der Waals surface area contributed by atoms with Crippen molar-refractivity contribution in [3.63, 3.8) is 0 Å². The molecule has 3 aromatic rings. The number of rotatable bonds is 3. The topological polar surface area (TPSA) is 63.9 Å². The van der Waals surface area contributed by atoms with E-state index < -0.39 is 0 Å². The van der Waals surface area contributed by atoms with Crippen LogP contribution in [-0.2, 0) is 0 Å². The van der Waals surface area contributed by atoms with Crippen molar-refractivity contribution >= 4 is 17.7 Å². The molecule has 1 atom stereocenters. The van der Waals surface area contributed by atoms with E-state index in [0.29, 0.717) is 5.56 Å². The highest BCUT2D eigenvalue weighted by Crippen LogP contribution is 2.38. The van der Waals surface area contributed by atoms with E-state index in [2.05, 4.69) is 46.7 Å². The highest BCUT2D eigenvalue weighted by atomic mass is 32.2. The molecule has 4 rings (SSSR count). The third-order valence-corrected chi connectivity index (χ3v) is 5.48. The molecule has 0 spiro atoms. The molecular weight excluding hydrogens is 334 g/mol. The third-order valence-electron chi connectivity index (χ3n) is 4.22. The number of carbonyl (C=O) groups is 1. The third kappa shape index (κ3) is 3.15. The van der Waals surface area contributed by atoms with Crippen LogP contribution in [0.25, 0.3) is 5.69 Å². The molecule has 1 amide bonds. The Balaban J connectivity index is 1.61. The fourth-order valence-corrected chi connectivity index (χ4v) is 4.17. The molecule has 2 heterocycles. The zero-order valence-electron chi connectivity index (χ0n) is 13.7. The van der Waals surface area contributed by atoms with Gasteiger partial charge in [0.05, 0.1) is 5.69 Å². The minimum absolute atomic E-state index is 0.0329. The summed E-state index contributed by atoms with van der Waals surface area (Å²) < 4.78 is 1.55. The van der Waals surface area contributed by atoms with Crippen LogP contribution in [0.4, 0.5) is 0 Å². The second-order valence-electron chi connectivity index (χ2n) is 5.94. The van der Waals surface area contributed by atoms with Crippen molar-refractivity contribution in [2.24, 2.45) is 0 Å². The van der Waals surface area contributed by atoms with Crippen LogP contribution in [0, 0.1) is 6.92 Å². The second kappa shape index (κ2) is 6.68. The fourth-order valence-electron chi connectivity index (χ4n) is 2.91. The summed E-state index contributed by atoms with van der Waals surface area (Å²) in [7, 11) is 0. The quantitative estimate of drug-likeness (QED) is 0.726. The molecule has 1 aromatic heterocycles. The molecule has 0 N–H and O–H groups in total. The first-order chi connectivity index (χ1) is 12.2. The Morgan fingerprint density at radius 2 is 2.04 bits per heavy atom. The number of carbonyl (C=O) groups excluding carboxylic acids is 1. The van der Waals surface area contributed by atoms with E-state index in [0.717, 1.165) is 23.5 Å². The monoisotopic (exact) mass is 351 g/mol. The van der Waals surface area contributed by atoms with Gasteiger partial charge in [0, 0.05) is 17.9 Å². The molecule has 126 valence electrons. The first kappa shape index (κ1) is 15.8. The van der Waals surface area contributed by atoms with Crippen molar-refractivity contribution in [2.45, 2.75) is 12.3 Å². The van der Waals surface area contributed by atoms with E-state index in [1.54, 1.807) is 16.4 Å². The lowest BCUT2D eigenvalue weighted by Crippen LogP contribution is -2.30. The van der Waals surface area contributed by atoms with Crippen LogP contribution < -0.4 is 0 Å². The number of tetrazole rings is 1. The Morgan fingerprint density at radius 1 is 1.20 bits per heavy atom. The van der Waals surface area contributed by atoms with Gasteiger partial charge in [0.1, 0.15) is 11.7 Å². The number of thioether (sulfide) groups is 1. The summed E-state index contributed by atoms with van der Waals surface area (Å²) in [6.07, 6.45) is 1.52. The highest BCUT2D eigenvalue weighted by molar-refractivity contribution is 7.99. The Labute approximate surface area is 149 Å². The average molecular weight is 351 g/mol. The van der Waals surface area contributed by atoms with Gasteiger partial charge in [-0.25, -0.2) is 4.68 Å². The molecule has 7 heteroatoms. The van der Waals surface area contributed by atoms with Crippen LogP contribution in [-0.4, -0.2) is 43.3 Å². The summed E-state index contributed by atoms with van der Waals surface area (Å²) in [5.74, 6) is 0.974. The molecule has 1 unspecified atom stereocenters. The maximum absolute atomic E-state index is 13.1. The molecule has 1 aliphatic heterocycles. The zero-order chi connectivity index (χ0) is 17.2. The van der Waals surface area contributed by atoms with Gasteiger partial charge in [-0.1, -0.05) is 35.9 Å². The Morgan fingerprint density at radius 3 is 2.80 bits per heavy atom. The number of amides is 1. The van der Waals surface area contributed by atoms with Gasteiger partial charge >= 0.3 is 0 Å². The Hall–Kier alpha value is -2.67. The molecule has 1 saturated heterocycles. The largest absolute Gasteiger partial charge is 0.322 e. The van der Waals surface area contributed by atoms with Crippen LogP contribution in [0.2, 0.25) is 0 Å². The molecule has 0 bridgehead atoms. The smallest absolute Gasteiger partial charge is 0.255 e. The van der Waals surface area contributed by atoms with Gasteiger partial charge in [-0.15, -0.1) is 16.9 Å². The molecule has 1 fully saturated rings. The van der Waals surface area contributed by atoms with Crippen LogP contribution in [0.3, 0.4) is 0 Å². The predicted octanol–water partition coefficient (Wildman–Crippen LogP) is 2.86. The normalized spacial score (nSPS) is 17.0. The minimum atomic E-state index is 0.0329. The summed E-state index contributed by atoms with van der Waals surface area (Å²) in [5, 5.41) is 11.2. The summed E-state index contributed by atoms with van der Waals surface area (Å²) in [5.41, 5.74) is 3.80. The van der Waals surface area contributed by atoms with Crippen molar-refractivity contribution in [1.29, 1.82) is 0 Å². The minimum Gasteiger partial charge on any atom is -0.322 e. The summed E-state index contributed by atoms with van der Waals surface area (Å²) in [4.78, 5) is 15.0. The zero-order valence-corrected chi connectivity index (χ0v) is 14.6. The second-order valence-corrected chi connectivity index (χ2v) is 7.13. The van der Waals surface area contributed by atoms with Gasteiger partial charge in [0.2, 0.25) is 0 Å². The SMILES string of the molecule is Cc1ccc(C2SCCN2C(=O)c2cccc(-n3cnnn3)c2)cc1. The van der Waals surface area contributed by atoms with E-state index >= 15 is 0 Å². The first-order valence-corrected chi connectivity index (χ1v) is 9.10. The average Bonchev–Trinajstić information content (AvgIpc) is 3.34. The molecule has 0 radical (unpaired) electrons. The maximum Gasteiger partial charge on any atom is 0.255 e. The lowest BCUT2D eigenvalue weighted by atomic mass is 10.1. The molecule has 0 saturated carbocycles. The first-order valence-electron chi connectivity index (χ1n) is 8.05. The van der Waals surface area contributed by atoms with Crippen LogP contribution in [0.5, 0.6) is 0 Å². The fraction of sp³-hybridized carbons (Fsp3) is 0.222. The predicted molar refractivity (Wildman–Crippen MR) is 96.6 cm³/mol. The summed E-state index contributed by atoms with van der Waals surface area (Å²) >= 11 is 1.80.